The second-order valence-electron chi connectivity index (χ2n) is 8.07. The first kappa shape index (κ1) is 23.9. The van der Waals surface area contributed by atoms with Gasteiger partial charge in [-0.05, 0) is 44.0 Å². The summed E-state index contributed by atoms with van der Waals surface area (Å²) in [5, 5.41) is 6.77. The lowest BCUT2D eigenvalue weighted by atomic mass is 10.1. The van der Waals surface area contributed by atoms with Crippen molar-refractivity contribution in [2.75, 3.05) is 39.2 Å². The van der Waals surface area contributed by atoms with Gasteiger partial charge in [0.05, 0.1) is 25.9 Å². The Morgan fingerprint density at radius 3 is 2.47 bits per heavy atom. The summed E-state index contributed by atoms with van der Waals surface area (Å²) in [5.41, 5.74) is 3.46. The Hall–Kier alpha value is -2.77. The molecular weight excluding hydrogens is 404 g/mol. The molecule has 0 spiro atoms. The lowest BCUT2D eigenvalue weighted by Gasteiger charge is -2.35. The summed E-state index contributed by atoms with van der Waals surface area (Å²) in [6.45, 7) is 10.3. The van der Waals surface area contributed by atoms with Gasteiger partial charge in [0.2, 0.25) is 0 Å². The standard InChI is InChI=1S/C25H36N4O3/c1-6-31-24-13-22(11-12-23(24)30-5)28-25(26-4)27-14-20-9-7-8-10-21(20)17-29-15-18(2)32-19(3)16-29/h7-13,18-19H,6,14-17H2,1-5H3,(H2,26,27,28). The zero-order chi connectivity index (χ0) is 22.9. The van der Waals surface area contributed by atoms with Gasteiger partial charge in [0.1, 0.15) is 0 Å². The van der Waals surface area contributed by atoms with Crippen molar-refractivity contribution in [3.63, 3.8) is 0 Å². The highest BCUT2D eigenvalue weighted by Gasteiger charge is 2.22. The van der Waals surface area contributed by atoms with E-state index in [0.29, 0.717) is 30.6 Å². The van der Waals surface area contributed by atoms with E-state index in [-0.39, 0.29) is 12.2 Å². The number of hydrogen-bond acceptors (Lipinski definition) is 5. The van der Waals surface area contributed by atoms with E-state index in [4.69, 9.17) is 14.2 Å². The van der Waals surface area contributed by atoms with Gasteiger partial charge in [0.25, 0.3) is 0 Å². The predicted molar refractivity (Wildman–Crippen MR) is 130 cm³/mol. The molecule has 1 aliphatic heterocycles. The topological polar surface area (TPSA) is 67.4 Å². The van der Waals surface area contributed by atoms with Crippen LogP contribution in [0.4, 0.5) is 5.69 Å². The summed E-state index contributed by atoms with van der Waals surface area (Å²) in [7, 11) is 3.41. The number of ether oxygens (including phenoxy) is 3. The maximum Gasteiger partial charge on any atom is 0.195 e. The lowest BCUT2D eigenvalue weighted by molar-refractivity contribution is -0.0705. The Morgan fingerprint density at radius 2 is 1.81 bits per heavy atom. The van der Waals surface area contributed by atoms with E-state index in [1.165, 1.54) is 11.1 Å². The fourth-order valence-electron chi connectivity index (χ4n) is 4.06. The number of anilines is 1. The van der Waals surface area contributed by atoms with Gasteiger partial charge in [-0.3, -0.25) is 9.89 Å². The van der Waals surface area contributed by atoms with Gasteiger partial charge in [0, 0.05) is 45.0 Å². The van der Waals surface area contributed by atoms with Crippen LogP contribution >= 0.6 is 0 Å². The van der Waals surface area contributed by atoms with Crippen molar-refractivity contribution in [2.24, 2.45) is 4.99 Å². The highest BCUT2D eigenvalue weighted by atomic mass is 16.5. The molecule has 2 N–H and O–H groups in total. The van der Waals surface area contributed by atoms with Gasteiger partial charge in [0.15, 0.2) is 17.5 Å². The molecule has 0 amide bonds. The Morgan fingerprint density at radius 1 is 1.09 bits per heavy atom. The molecule has 2 atom stereocenters. The average molecular weight is 441 g/mol. The van der Waals surface area contributed by atoms with Gasteiger partial charge in [-0.2, -0.15) is 0 Å². The predicted octanol–water partition coefficient (Wildman–Crippen LogP) is 3.89. The molecule has 2 aromatic carbocycles. The van der Waals surface area contributed by atoms with Crippen LogP contribution < -0.4 is 20.1 Å². The monoisotopic (exact) mass is 440 g/mol. The van der Waals surface area contributed by atoms with Gasteiger partial charge in [-0.25, -0.2) is 0 Å². The molecule has 0 saturated carbocycles. The number of hydrogen-bond donors (Lipinski definition) is 2. The van der Waals surface area contributed by atoms with Crippen molar-refractivity contribution < 1.29 is 14.2 Å². The molecule has 7 nitrogen and oxygen atoms in total. The van der Waals surface area contributed by atoms with Gasteiger partial charge in [-0.15, -0.1) is 0 Å². The van der Waals surface area contributed by atoms with Crippen molar-refractivity contribution in [1.82, 2.24) is 10.2 Å². The molecule has 0 radical (unpaired) electrons. The highest BCUT2D eigenvalue weighted by molar-refractivity contribution is 5.93. The number of nitrogens with one attached hydrogen (secondary N) is 2. The van der Waals surface area contributed by atoms with E-state index in [0.717, 1.165) is 25.3 Å². The van der Waals surface area contributed by atoms with E-state index >= 15 is 0 Å². The first-order valence-corrected chi connectivity index (χ1v) is 11.3. The summed E-state index contributed by atoms with van der Waals surface area (Å²) in [4.78, 5) is 6.85. The van der Waals surface area contributed by atoms with Crippen molar-refractivity contribution in [3.05, 3.63) is 53.6 Å². The quantitative estimate of drug-likeness (QED) is 0.480. The van der Waals surface area contributed by atoms with Crippen LogP contribution in [0.5, 0.6) is 11.5 Å². The minimum atomic E-state index is 0.262. The smallest absolute Gasteiger partial charge is 0.195 e. The minimum absolute atomic E-state index is 0.262. The molecular formula is C25H36N4O3. The number of aliphatic imine (C=N–C) groups is 1. The van der Waals surface area contributed by atoms with E-state index < -0.39 is 0 Å². The molecule has 1 saturated heterocycles. The number of rotatable bonds is 8. The third-order valence-corrected chi connectivity index (χ3v) is 5.40. The van der Waals surface area contributed by atoms with Crippen LogP contribution in [0.3, 0.4) is 0 Å². The summed E-state index contributed by atoms with van der Waals surface area (Å²) in [6, 6.07) is 14.3. The second-order valence-corrected chi connectivity index (χ2v) is 8.07. The zero-order valence-corrected chi connectivity index (χ0v) is 19.9. The summed E-state index contributed by atoms with van der Waals surface area (Å²) in [5.74, 6) is 2.11. The molecule has 0 aromatic heterocycles. The number of guanidine groups is 1. The Labute approximate surface area is 191 Å². The molecule has 7 heteroatoms. The van der Waals surface area contributed by atoms with Crippen LogP contribution in [0.2, 0.25) is 0 Å². The number of morpholine rings is 1. The minimum Gasteiger partial charge on any atom is -0.493 e. The van der Waals surface area contributed by atoms with Crippen molar-refractivity contribution in [1.29, 1.82) is 0 Å². The van der Waals surface area contributed by atoms with E-state index in [9.17, 15) is 0 Å². The second kappa shape index (κ2) is 11.7. The summed E-state index contributed by atoms with van der Waals surface area (Å²) >= 11 is 0. The fourth-order valence-corrected chi connectivity index (χ4v) is 4.06. The van der Waals surface area contributed by atoms with Crippen LogP contribution in [0.1, 0.15) is 31.9 Å². The van der Waals surface area contributed by atoms with Crippen LogP contribution in [-0.2, 0) is 17.8 Å². The lowest BCUT2D eigenvalue weighted by Crippen LogP contribution is -2.45. The summed E-state index contributed by atoms with van der Waals surface area (Å²) < 4.78 is 16.9. The Balaban J connectivity index is 1.64. The fraction of sp³-hybridized carbons (Fsp3) is 0.480. The molecule has 1 heterocycles. The molecule has 1 fully saturated rings. The number of nitrogens with zero attached hydrogens (tertiary/aromatic N) is 2. The first-order chi connectivity index (χ1) is 15.5. The molecule has 0 aliphatic carbocycles. The molecule has 1 aliphatic rings. The van der Waals surface area contributed by atoms with Crippen molar-refractivity contribution in [3.8, 4) is 11.5 Å². The number of methoxy groups -OCH3 is 1. The van der Waals surface area contributed by atoms with Gasteiger partial charge >= 0.3 is 0 Å². The Kier molecular flexibility index (Phi) is 8.76. The van der Waals surface area contributed by atoms with E-state index in [2.05, 4.69) is 58.6 Å². The van der Waals surface area contributed by atoms with Crippen molar-refractivity contribution >= 4 is 11.6 Å². The largest absolute Gasteiger partial charge is 0.493 e. The van der Waals surface area contributed by atoms with Gasteiger partial charge in [-0.1, -0.05) is 24.3 Å². The zero-order valence-electron chi connectivity index (χ0n) is 19.9. The van der Waals surface area contributed by atoms with Crippen LogP contribution in [-0.4, -0.2) is 56.9 Å². The normalized spacial score (nSPS) is 19.5. The van der Waals surface area contributed by atoms with Crippen molar-refractivity contribution in [2.45, 2.75) is 46.1 Å². The molecule has 0 bridgehead atoms. The Bertz CT molecular complexity index is 893. The average Bonchev–Trinajstić information content (AvgIpc) is 2.77. The van der Waals surface area contributed by atoms with E-state index in [1.807, 2.05) is 25.1 Å². The third-order valence-electron chi connectivity index (χ3n) is 5.40. The number of benzene rings is 2. The summed E-state index contributed by atoms with van der Waals surface area (Å²) in [6.07, 6.45) is 0.524. The van der Waals surface area contributed by atoms with E-state index in [1.54, 1.807) is 14.2 Å². The van der Waals surface area contributed by atoms with Crippen LogP contribution in [0.15, 0.2) is 47.5 Å². The maximum atomic E-state index is 5.88. The molecule has 3 rings (SSSR count). The van der Waals surface area contributed by atoms with Gasteiger partial charge < -0.3 is 24.8 Å². The first-order valence-electron chi connectivity index (χ1n) is 11.3. The molecule has 2 unspecified atom stereocenters. The molecule has 174 valence electrons. The van der Waals surface area contributed by atoms with Crippen LogP contribution in [0.25, 0.3) is 0 Å². The maximum absolute atomic E-state index is 5.88. The molecule has 2 aromatic rings. The molecule has 32 heavy (non-hydrogen) atoms. The van der Waals surface area contributed by atoms with Crippen LogP contribution in [0, 0.1) is 0 Å². The third kappa shape index (κ3) is 6.61. The highest BCUT2D eigenvalue weighted by Crippen LogP contribution is 2.30. The SMILES string of the molecule is CCOc1cc(NC(=NC)NCc2ccccc2CN2CC(C)OC(C)C2)ccc1OC.